The number of ether oxygens (including phenoxy) is 1. The van der Waals surface area contributed by atoms with Gasteiger partial charge < -0.3 is 20.3 Å². The number of amides is 5. The van der Waals surface area contributed by atoms with Crippen molar-refractivity contribution in [2.75, 3.05) is 45.9 Å². The van der Waals surface area contributed by atoms with E-state index in [1.165, 1.54) is 12.1 Å². The van der Waals surface area contributed by atoms with E-state index in [9.17, 15) is 24.0 Å². The molecule has 4 rings (SSSR count). The van der Waals surface area contributed by atoms with E-state index in [4.69, 9.17) is 4.74 Å². The number of imide groups is 2. The third-order valence-electron chi connectivity index (χ3n) is 6.47. The molecule has 35 heavy (non-hydrogen) atoms. The van der Waals surface area contributed by atoms with E-state index in [0.717, 1.165) is 56.9 Å². The summed E-state index contributed by atoms with van der Waals surface area (Å²) < 4.78 is 5.59. The van der Waals surface area contributed by atoms with Crippen molar-refractivity contribution < 1.29 is 28.7 Å². The maximum atomic E-state index is 13.0. The van der Waals surface area contributed by atoms with Crippen molar-refractivity contribution in [2.45, 2.75) is 38.1 Å². The Labute approximate surface area is 203 Å². The molecule has 3 N–H and O–H groups in total. The zero-order chi connectivity index (χ0) is 24.8. The number of carbonyl (C=O) groups is 5. The molecule has 5 amide bonds. The van der Waals surface area contributed by atoms with Gasteiger partial charge in [0.25, 0.3) is 17.7 Å². The second-order valence-corrected chi connectivity index (χ2v) is 8.92. The smallest absolute Gasteiger partial charge is 0.266 e. The van der Waals surface area contributed by atoms with Gasteiger partial charge in [-0.05, 0) is 37.9 Å². The minimum absolute atomic E-state index is 0.0305. The molecule has 3 heterocycles. The summed E-state index contributed by atoms with van der Waals surface area (Å²) in [6.07, 6.45) is 3.09. The number of rotatable bonds is 10. The van der Waals surface area contributed by atoms with Gasteiger partial charge in [0.15, 0.2) is 6.61 Å². The van der Waals surface area contributed by atoms with Crippen LogP contribution >= 0.6 is 0 Å². The molecule has 11 nitrogen and oxygen atoms in total. The van der Waals surface area contributed by atoms with Crippen LogP contribution in [0.2, 0.25) is 0 Å². The minimum atomic E-state index is -1.05. The number of nitrogens with one attached hydrogen (secondary N) is 3. The Morgan fingerprint density at radius 1 is 1.06 bits per heavy atom. The fraction of sp³-hybridized carbons (Fsp3) is 0.542. The average molecular weight is 486 g/mol. The van der Waals surface area contributed by atoms with Crippen molar-refractivity contribution >= 4 is 29.5 Å². The summed E-state index contributed by atoms with van der Waals surface area (Å²) in [6, 6.07) is 3.50. The van der Waals surface area contributed by atoms with Gasteiger partial charge in [-0.1, -0.05) is 12.5 Å². The summed E-state index contributed by atoms with van der Waals surface area (Å²) in [5.41, 5.74) is 0.144. The van der Waals surface area contributed by atoms with E-state index in [2.05, 4.69) is 20.9 Å². The van der Waals surface area contributed by atoms with E-state index >= 15 is 0 Å². The number of carbonyl (C=O) groups excluding carboxylic acids is 5. The monoisotopic (exact) mass is 485 g/mol. The molecular formula is C24H31N5O6. The van der Waals surface area contributed by atoms with Gasteiger partial charge in [-0.2, -0.15) is 0 Å². The van der Waals surface area contributed by atoms with Gasteiger partial charge in [0.1, 0.15) is 11.8 Å². The topological polar surface area (TPSA) is 137 Å². The molecule has 11 heteroatoms. The molecule has 1 atom stereocenters. The fourth-order valence-electron chi connectivity index (χ4n) is 4.60. The van der Waals surface area contributed by atoms with Crippen molar-refractivity contribution in [1.82, 2.24) is 25.8 Å². The first-order chi connectivity index (χ1) is 17.0. The lowest BCUT2D eigenvalue weighted by molar-refractivity contribution is -0.136. The standard InChI is InChI=1S/C24H31N5O6/c30-19-8-7-17(22(32)27-19)29-23(33)16-5-4-6-18(21(16)24(29)34)35-15-20(31)26-9-2-1-3-12-28-13-10-25-11-14-28/h4-6,17,25H,1-3,7-15H2,(H,26,31)(H,27,30,32). The van der Waals surface area contributed by atoms with E-state index < -0.39 is 29.7 Å². The van der Waals surface area contributed by atoms with Crippen LogP contribution in [0.25, 0.3) is 0 Å². The summed E-state index contributed by atoms with van der Waals surface area (Å²) in [6.45, 7) is 5.55. The Hall–Kier alpha value is -3.31. The van der Waals surface area contributed by atoms with Crippen LogP contribution in [0, 0.1) is 0 Å². The summed E-state index contributed by atoms with van der Waals surface area (Å²) in [7, 11) is 0. The molecule has 2 saturated heterocycles. The molecule has 0 aromatic heterocycles. The van der Waals surface area contributed by atoms with Crippen LogP contribution in [-0.4, -0.2) is 91.3 Å². The number of piperazine rings is 1. The molecule has 0 bridgehead atoms. The van der Waals surface area contributed by atoms with E-state index in [-0.39, 0.29) is 42.2 Å². The van der Waals surface area contributed by atoms with Crippen molar-refractivity contribution in [2.24, 2.45) is 0 Å². The number of piperidine rings is 1. The minimum Gasteiger partial charge on any atom is -0.483 e. The predicted molar refractivity (Wildman–Crippen MR) is 125 cm³/mol. The zero-order valence-electron chi connectivity index (χ0n) is 19.6. The van der Waals surface area contributed by atoms with Crippen LogP contribution in [0.5, 0.6) is 5.75 Å². The summed E-state index contributed by atoms with van der Waals surface area (Å²) in [5.74, 6) is -2.59. The quantitative estimate of drug-likeness (QED) is 0.302. The molecule has 0 saturated carbocycles. The number of unbranched alkanes of at least 4 members (excludes halogenated alkanes) is 2. The van der Waals surface area contributed by atoms with E-state index in [1.54, 1.807) is 6.07 Å². The van der Waals surface area contributed by atoms with Crippen LogP contribution in [0.15, 0.2) is 18.2 Å². The van der Waals surface area contributed by atoms with Crippen molar-refractivity contribution in [3.63, 3.8) is 0 Å². The molecule has 2 fully saturated rings. The molecule has 1 aromatic rings. The van der Waals surface area contributed by atoms with E-state index in [0.29, 0.717) is 6.54 Å². The maximum Gasteiger partial charge on any atom is 0.266 e. The lowest BCUT2D eigenvalue weighted by Gasteiger charge is -2.27. The third kappa shape index (κ3) is 5.85. The highest BCUT2D eigenvalue weighted by Gasteiger charge is 2.46. The van der Waals surface area contributed by atoms with Crippen molar-refractivity contribution in [3.8, 4) is 5.75 Å². The van der Waals surface area contributed by atoms with Crippen LogP contribution in [-0.2, 0) is 14.4 Å². The Kier molecular flexibility index (Phi) is 8.09. The first-order valence-electron chi connectivity index (χ1n) is 12.1. The molecule has 188 valence electrons. The fourth-order valence-corrected chi connectivity index (χ4v) is 4.60. The largest absolute Gasteiger partial charge is 0.483 e. The summed E-state index contributed by atoms with van der Waals surface area (Å²) in [5, 5.41) is 8.31. The van der Waals surface area contributed by atoms with Gasteiger partial charge in [-0.3, -0.25) is 34.2 Å². The first kappa shape index (κ1) is 24.8. The molecule has 0 radical (unpaired) electrons. The maximum absolute atomic E-state index is 13.0. The molecular weight excluding hydrogens is 454 g/mol. The van der Waals surface area contributed by atoms with Crippen LogP contribution in [0.1, 0.15) is 52.8 Å². The number of fused-ring (bicyclic) bond motifs is 1. The number of hydrogen-bond acceptors (Lipinski definition) is 8. The molecule has 0 spiro atoms. The highest BCUT2D eigenvalue weighted by Crippen LogP contribution is 2.33. The third-order valence-corrected chi connectivity index (χ3v) is 6.47. The van der Waals surface area contributed by atoms with Crippen molar-refractivity contribution in [1.29, 1.82) is 0 Å². The number of hydrogen-bond donors (Lipinski definition) is 3. The van der Waals surface area contributed by atoms with Gasteiger partial charge in [-0.15, -0.1) is 0 Å². The molecule has 3 aliphatic heterocycles. The summed E-state index contributed by atoms with van der Waals surface area (Å²) >= 11 is 0. The predicted octanol–water partition coefficient (Wildman–Crippen LogP) is -0.342. The first-order valence-corrected chi connectivity index (χ1v) is 12.1. The van der Waals surface area contributed by atoms with Crippen molar-refractivity contribution in [3.05, 3.63) is 29.3 Å². The molecule has 0 aliphatic carbocycles. The van der Waals surface area contributed by atoms with E-state index in [1.807, 2.05) is 0 Å². The average Bonchev–Trinajstić information content (AvgIpc) is 3.11. The highest BCUT2D eigenvalue weighted by atomic mass is 16.5. The number of benzene rings is 1. The number of nitrogens with zero attached hydrogens (tertiary/aromatic N) is 2. The van der Waals surface area contributed by atoms with Gasteiger partial charge in [0.2, 0.25) is 11.8 Å². The molecule has 3 aliphatic rings. The van der Waals surface area contributed by atoms with Gasteiger partial charge in [-0.25, -0.2) is 0 Å². The summed E-state index contributed by atoms with van der Waals surface area (Å²) in [4.78, 5) is 65.1. The van der Waals surface area contributed by atoms with Gasteiger partial charge in [0, 0.05) is 39.1 Å². The Morgan fingerprint density at radius 3 is 2.63 bits per heavy atom. The molecule has 1 unspecified atom stereocenters. The SMILES string of the molecule is O=C(COc1cccc2c1C(=O)N(C1CCC(=O)NC1=O)C2=O)NCCCCCN1CCNCC1. The van der Waals surface area contributed by atoms with Crippen LogP contribution in [0.4, 0.5) is 0 Å². The lowest BCUT2D eigenvalue weighted by Crippen LogP contribution is -2.54. The second-order valence-electron chi connectivity index (χ2n) is 8.92. The Bertz CT molecular complexity index is 1010. The van der Waals surface area contributed by atoms with Crippen LogP contribution < -0.4 is 20.7 Å². The highest BCUT2D eigenvalue weighted by molar-refractivity contribution is 6.24. The normalized spacial score (nSPS) is 20.6. The van der Waals surface area contributed by atoms with Gasteiger partial charge in [0.05, 0.1) is 11.1 Å². The zero-order valence-corrected chi connectivity index (χ0v) is 19.6. The van der Waals surface area contributed by atoms with Gasteiger partial charge >= 0.3 is 0 Å². The van der Waals surface area contributed by atoms with Crippen LogP contribution in [0.3, 0.4) is 0 Å². The Balaban J connectivity index is 1.24. The second kappa shape index (κ2) is 11.4. The Morgan fingerprint density at radius 2 is 1.86 bits per heavy atom. The lowest BCUT2D eigenvalue weighted by atomic mass is 10.0. The molecule has 1 aromatic carbocycles.